The van der Waals surface area contributed by atoms with Gasteiger partial charge in [0, 0.05) is 38.1 Å². The van der Waals surface area contributed by atoms with E-state index in [2.05, 4.69) is 24.1 Å². The van der Waals surface area contributed by atoms with Crippen molar-refractivity contribution in [1.29, 1.82) is 0 Å². The van der Waals surface area contributed by atoms with Crippen LogP contribution in [0.3, 0.4) is 0 Å². The van der Waals surface area contributed by atoms with E-state index < -0.39 is 0 Å². The zero-order valence-electron chi connectivity index (χ0n) is 10.3. The Morgan fingerprint density at radius 1 is 1.47 bits per heavy atom. The zero-order chi connectivity index (χ0) is 11.5. The van der Waals surface area contributed by atoms with Crippen LogP contribution in [0.15, 0.2) is 0 Å². The fourth-order valence-electron chi connectivity index (χ4n) is 1.76. The molecule has 1 aliphatic rings. The minimum atomic E-state index is -0.0516. The lowest BCUT2D eigenvalue weighted by Gasteiger charge is -2.24. The number of hydrogen-bond acceptors (Lipinski definition) is 3. The predicted molar refractivity (Wildman–Crippen MR) is 61.8 cm³/mol. The van der Waals surface area contributed by atoms with Crippen LogP contribution in [0.25, 0.3) is 0 Å². The molecule has 15 heavy (non-hydrogen) atoms. The summed E-state index contributed by atoms with van der Waals surface area (Å²) < 4.78 is 0. The monoisotopic (exact) mass is 213 g/mol. The maximum atomic E-state index is 11.9. The Balaban J connectivity index is 2.48. The summed E-state index contributed by atoms with van der Waals surface area (Å²) in [5, 5.41) is 3.39. The molecule has 1 heterocycles. The van der Waals surface area contributed by atoms with Gasteiger partial charge in [0.25, 0.3) is 0 Å². The molecule has 0 radical (unpaired) electrons. The van der Waals surface area contributed by atoms with Crippen LogP contribution in [-0.4, -0.2) is 61.5 Å². The van der Waals surface area contributed by atoms with Crippen molar-refractivity contribution in [3.8, 4) is 0 Å². The highest BCUT2D eigenvalue weighted by Gasteiger charge is 2.27. The molecule has 0 saturated carbocycles. The highest BCUT2D eigenvalue weighted by Crippen LogP contribution is 2.13. The van der Waals surface area contributed by atoms with Crippen molar-refractivity contribution in [3.05, 3.63) is 0 Å². The Labute approximate surface area is 92.6 Å². The SMILES string of the molecule is CN(C)CCN1CCNC(C)(C)CC1=O. The van der Waals surface area contributed by atoms with Gasteiger partial charge in [-0.15, -0.1) is 0 Å². The molecule has 1 amide bonds. The van der Waals surface area contributed by atoms with E-state index in [1.807, 2.05) is 19.0 Å². The summed E-state index contributed by atoms with van der Waals surface area (Å²) in [6.45, 7) is 7.67. The van der Waals surface area contributed by atoms with Gasteiger partial charge in [0.05, 0.1) is 0 Å². The van der Waals surface area contributed by atoms with Crippen molar-refractivity contribution in [2.45, 2.75) is 25.8 Å². The van der Waals surface area contributed by atoms with Gasteiger partial charge in [-0.1, -0.05) is 0 Å². The molecule has 0 spiro atoms. The van der Waals surface area contributed by atoms with Gasteiger partial charge in [-0.25, -0.2) is 0 Å². The van der Waals surface area contributed by atoms with Crippen LogP contribution in [0.4, 0.5) is 0 Å². The standard InChI is InChI=1S/C11H23N3O/c1-11(2)9-10(15)14(6-5-12-11)8-7-13(3)4/h12H,5-9H2,1-4H3. The number of carbonyl (C=O) groups excluding carboxylic acids is 1. The quantitative estimate of drug-likeness (QED) is 0.725. The first-order valence-corrected chi connectivity index (χ1v) is 5.58. The van der Waals surface area contributed by atoms with Crippen LogP contribution in [0.2, 0.25) is 0 Å². The van der Waals surface area contributed by atoms with Crippen molar-refractivity contribution in [1.82, 2.24) is 15.1 Å². The van der Waals surface area contributed by atoms with Gasteiger partial charge in [-0.05, 0) is 27.9 Å². The number of likely N-dealkylation sites (N-methyl/N-ethyl adjacent to an activating group) is 1. The van der Waals surface area contributed by atoms with Crippen LogP contribution in [0.1, 0.15) is 20.3 Å². The molecular weight excluding hydrogens is 190 g/mol. The van der Waals surface area contributed by atoms with Crippen molar-refractivity contribution < 1.29 is 4.79 Å². The molecule has 1 saturated heterocycles. The number of amides is 1. The lowest BCUT2D eigenvalue weighted by Crippen LogP contribution is -2.40. The third-order valence-electron chi connectivity index (χ3n) is 2.75. The number of nitrogens with zero attached hydrogens (tertiary/aromatic N) is 2. The van der Waals surface area contributed by atoms with Crippen molar-refractivity contribution in [2.24, 2.45) is 0 Å². The summed E-state index contributed by atoms with van der Waals surface area (Å²) in [5.41, 5.74) is -0.0516. The van der Waals surface area contributed by atoms with Gasteiger partial charge in [0.2, 0.25) is 5.91 Å². The molecule has 88 valence electrons. The molecule has 0 bridgehead atoms. The first kappa shape index (κ1) is 12.5. The number of nitrogens with one attached hydrogen (secondary N) is 1. The van der Waals surface area contributed by atoms with E-state index in [0.29, 0.717) is 6.42 Å². The summed E-state index contributed by atoms with van der Waals surface area (Å²) in [6.07, 6.45) is 0.598. The molecule has 0 aliphatic carbocycles. The molecule has 1 N–H and O–H groups in total. The van der Waals surface area contributed by atoms with Gasteiger partial charge in [-0.2, -0.15) is 0 Å². The second kappa shape index (κ2) is 4.94. The lowest BCUT2D eigenvalue weighted by atomic mass is 10.0. The molecule has 1 aliphatic heterocycles. The van der Waals surface area contributed by atoms with Crippen molar-refractivity contribution in [3.63, 3.8) is 0 Å². The Morgan fingerprint density at radius 3 is 2.73 bits per heavy atom. The maximum Gasteiger partial charge on any atom is 0.224 e. The molecule has 0 atom stereocenters. The number of hydrogen-bond donors (Lipinski definition) is 1. The van der Waals surface area contributed by atoms with Crippen LogP contribution in [0.5, 0.6) is 0 Å². The summed E-state index contributed by atoms with van der Waals surface area (Å²) in [4.78, 5) is 16.0. The van der Waals surface area contributed by atoms with E-state index in [1.165, 1.54) is 0 Å². The topological polar surface area (TPSA) is 35.6 Å². The van der Waals surface area contributed by atoms with Gasteiger partial charge < -0.3 is 15.1 Å². The average Bonchev–Trinajstić information content (AvgIpc) is 2.20. The highest BCUT2D eigenvalue weighted by molar-refractivity contribution is 5.77. The molecule has 1 rings (SSSR count). The zero-order valence-corrected chi connectivity index (χ0v) is 10.3. The summed E-state index contributed by atoms with van der Waals surface area (Å²) in [5.74, 6) is 0.270. The third-order valence-corrected chi connectivity index (χ3v) is 2.75. The molecule has 0 aromatic heterocycles. The molecule has 4 heteroatoms. The normalized spacial score (nSPS) is 21.9. The average molecular weight is 213 g/mol. The van der Waals surface area contributed by atoms with E-state index in [-0.39, 0.29) is 11.4 Å². The second-order valence-electron chi connectivity index (χ2n) is 5.17. The van der Waals surface area contributed by atoms with Crippen LogP contribution >= 0.6 is 0 Å². The Hall–Kier alpha value is -0.610. The molecule has 0 aromatic rings. The Bertz CT molecular complexity index is 226. The Morgan fingerprint density at radius 2 is 2.13 bits per heavy atom. The van der Waals surface area contributed by atoms with Crippen LogP contribution in [0, 0.1) is 0 Å². The van der Waals surface area contributed by atoms with Crippen LogP contribution < -0.4 is 5.32 Å². The highest BCUT2D eigenvalue weighted by atomic mass is 16.2. The summed E-state index contributed by atoms with van der Waals surface area (Å²) in [7, 11) is 4.06. The van der Waals surface area contributed by atoms with Crippen molar-refractivity contribution in [2.75, 3.05) is 40.3 Å². The van der Waals surface area contributed by atoms with E-state index in [0.717, 1.165) is 26.2 Å². The molecule has 0 unspecified atom stereocenters. The summed E-state index contributed by atoms with van der Waals surface area (Å²) in [6, 6.07) is 0. The number of rotatable bonds is 3. The molecule has 1 fully saturated rings. The first-order chi connectivity index (χ1) is 6.91. The van der Waals surface area contributed by atoms with Gasteiger partial charge >= 0.3 is 0 Å². The minimum absolute atomic E-state index is 0.0516. The van der Waals surface area contributed by atoms with Gasteiger partial charge in [0.15, 0.2) is 0 Å². The van der Waals surface area contributed by atoms with E-state index >= 15 is 0 Å². The predicted octanol–water partition coefficient (Wildman–Crippen LogP) is 0.149. The van der Waals surface area contributed by atoms with E-state index in [4.69, 9.17) is 0 Å². The fraction of sp³-hybridized carbons (Fsp3) is 0.909. The van der Waals surface area contributed by atoms with Gasteiger partial charge in [-0.3, -0.25) is 4.79 Å². The Kier molecular flexibility index (Phi) is 4.11. The smallest absolute Gasteiger partial charge is 0.224 e. The van der Waals surface area contributed by atoms with Crippen LogP contribution in [-0.2, 0) is 4.79 Å². The second-order valence-corrected chi connectivity index (χ2v) is 5.17. The maximum absolute atomic E-state index is 11.9. The molecule has 0 aromatic carbocycles. The van der Waals surface area contributed by atoms with Gasteiger partial charge in [0.1, 0.15) is 0 Å². The lowest BCUT2D eigenvalue weighted by molar-refractivity contribution is -0.131. The molecular formula is C11H23N3O. The minimum Gasteiger partial charge on any atom is -0.340 e. The third kappa shape index (κ3) is 4.18. The van der Waals surface area contributed by atoms with E-state index in [9.17, 15) is 4.79 Å². The van der Waals surface area contributed by atoms with E-state index in [1.54, 1.807) is 0 Å². The van der Waals surface area contributed by atoms with Crippen molar-refractivity contribution >= 4 is 5.91 Å². The largest absolute Gasteiger partial charge is 0.340 e. The molecule has 4 nitrogen and oxygen atoms in total. The summed E-state index contributed by atoms with van der Waals surface area (Å²) >= 11 is 0. The number of carbonyl (C=O) groups is 1. The fourth-order valence-corrected chi connectivity index (χ4v) is 1.76. The first-order valence-electron chi connectivity index (χ1n) is 5.58.